The normalized spacial score (nSPS) is 12.0. The molecule has 1 rings (SSSR count). The first-order valence-corrected chi connectivity index (χ1v) is 4.72. The zero-order valence-electron chi connectivity index (χ0n) is 6.83. The van der Waals surface area contributed by atoms with E-state index in [4.69, 9.17) is 0 Å². The van der Waals surface area contributed by atoms with Crippen LogP contribution < -0.4 is 0 Å². The van der Waals surface area contributed by atoms with E-state index in [-0.39, 0.29) is 10.5 Å². The van der Waals surface area contributed by atoms with Crippen molar-refractivity contribution >= 4 is 10.7 Å². The van der Waals surface area contributed by atoms with Gasteiger partial charge in [0.25, 0.3) is 5.92 Å². The van der Waals surface area contributed by atoms with E-state index < -0.39 is 16.6 Å². The van der Waals surface area contributed by atoms with Gasteiger partial charge >= 0.3 is 0 Å². The van der Waals surface area contributed by atoms with Crippen molar-refractivity contribution in [2.24, 2.45) is 0 Å². The summed E-state index contributed by atoms with van der Waals surface area (Å²) < 4.78 is 46.3. The van der Waals surface area contributed by atoms with Crippen molar-refractivity contribution in [3.8, 4) is 0 Å². The summed E-state index contributed by atoms with van der Waals surface area (Å²) in [6.45, 7) is 0.726. The number of thiol groups is 1. The van der Waals surface area contributed by atoms with Gasteiger partial charge in [-0.25, -0.2) is 17.2 Å². The molecule has 0 spiro atoms. The van der Waals surface area contributed by atoms with E-state index in [0.717, 1.165) is 13.0 Å². The molecule has 0 N–H and O–H groups in total. The lowest BCUT2D eigenvalue weighted by Crippen LogP contribution is -2.06. The lowest BCUT2D eigenvalue weighted by atomic mass is 10.1. The number of halogens is 2. The summed E-state index contributed by atoms with van der Waals surface area (Å²) in [5.41, 5.74) is -0.288. The molecule has 0 atom stereocenters. The summed E-state index contributed by atoms with van der Waals surface area (Å²) >= 11 is 0. The molecule has 0 aromatic heterocycles. The van der Waals surface area contributed by atoms with Crippen molar-refractivity contribution < 1.29 is 17.2 Å². The molecule has 0 saturated carbocycles. The van der Waals surface area contributed by atoms with E-state index in [1.54, 1.807) is 0 Å². The Hall–Kier alpha value is -0.970. The third-order valence-electron chi connectivity index (χ3n) is 1.56. The molecular weight excluding hydrogens is 198 g/mol. The predicted molar refractivity (Wildman–Crippen MR) is 44.6 cm³/mol. The van der Waals surface area contributed by atoms with Gasteiger partial charge < -0.3 is 0 Å². The smallest absolute Gasteiger partial charge is 0.227 e. The van der Waals surface area contributed by atoms with Crippen LogP contribution in [0.4, 0.5) is 8.78 Å². The average molecular weight is 206 g/mol. The fourth-order valence-electron chi connectivity index (χ4n) is 0.893. The van der Waals surface area contributed by atoms with E-state index in [0.29, 0.717) is 0 Å². The van der Waals surface area contributed by atoms with E-state index in [2.05, 4.69) is 0 Å². The molecule has 0 aliphatic heterocycles. The maximum absolute atomic E-state index is 12.7. The Bertz CT molecular complexity index is 372. The molecule has 0 fully saturated rings. The Morgan fingerprint density at radius 1 is 1.31 bits per heavy atom. The summed E-state index contributed by atoms with van der Waals surface area (Å²) in [4.78, 5) is -0.0889. The minimum Gasteiger partial charge on any atom is -0.227 e. The highest BCUT2D eigenvalue weighted by Crippen LogP contribution is 2.27. The van der Waals surface area contributed by atoms with Gasteiger partial charge in [-0.1, -0.05) is 12.1 Å². The third-order valence-corrected chi connectivity index (χ3v) is 2.26. The van der Waals surface area contributed by atoms with E-state index >= 15 is 0 Å². The molecule has 13 heavy (non-hydrogen) atoms. The molecule has 0 bridgehead atoms. The fraction of sp³-hybridized carbons (Fsp3) is 0.250. The highest BCUT2D eigenvalue weighted by atomic mass is 32.2. The van der Waals surface area contributed by atoms with Gasteiger partial charge in [-0.15, -0.1) is 0 Å². The van der Waals surface area contributed by atoms with Crippen LogP contribution in [0.2, 0.25) is 0 Å². The largest absolute Gasteiger partial charge is 0.270 e. The van der Waals surface area contributed by atoms with Crippen molar-refractivity contribution in [3.63, 3.8) is 0 Å². The Morgan fingerprint density at radius 3 is 2.38 bits per heavy atom. The lowest BCUT2D eigenvalue weighted by Gasteiger charge is -2.09. The molecule has 0 heterocycles. The minimum absolute atomic E-state index is 0.0889. The van der Waals surface area contributed by atoms with Gasteiger partial charge in [-0.05, 0) is 12.1 Å². The average Bonchev–Trinajstić information content (AvgIpc) is 2.03. The summed E-state index contributed by atoms with van der Waals surface area (Å²) in [6, 6.07) is 4.75. The van der Waals surface area contributed by atoms with Crippen molar-refractivity contribution in [2.45, 2.75) is 17.7 Å². The molecule has 5 heteroatoms. The summed E-state index contributed by atoms with van der Waals surface area (Å²) in [7, 11) is -2.79. The van der Waals surface area contributed by atoms with Gasteiger partial charge in [-0.2, -0.15) is 0 Å². The molecule has 1 aromatic rings. The third kappa shape index (κ3) is 2.48. The van der Waals surface area contributed by atoms with Crippen LogP contribution in [0, 0.1) is 0 Å². The molecule has 1 aromatic carbocycles. The number of hydrogen-bond donors (Lipinski definition) is 1. The second-order valence-electron chi connectivity index (χ2n) is 2.70. The van der Waals surface area contributed by atoms with Gasteiger partial charge in [0.2, 0.25) is 0 Å². The summed E-state index contributed by atoms with van der Waals surface area (Å²) in [6.07, 6.45) is 0. The van der Waals surface area contributed by atoms with E-state index in [1.807, 2.05) is 0 Å². The summed E-state index contributed by atoms with van der Waals surface area (Å²) in [5.74, 6) is -3.00. The van der Waals surface area contributed by atoms with Crippen LogP contribution >= 0.6 is 0 Å². The van der Waals surface area contributed by atoms with Crippen molar-refractivity contribution in [2.75, 3.05) is 0 Å². The van der Waals surface area contributed by atoms with Crippen LogP contribution in [-0.2, 0) is 16.6 Å². The zero-order chi connectivity index (χ0) is 10.1. The number of benzene rings is 1. The van der Waals surface area contributed by atoms with Gasteiger partial charge in [-0.3, -0.25) is 0 Å². The molecule has 0 aliphatic carbocycles. The van der Waals surface area contributed by atoms with Gasteiger partial charge in [0.05, 0.1) is 4.90 Å². The standard InChI is InChI=1S/C8H8F2O2S/c1-8(9,10)6-3-2-4-7(5-6)13(11)12/h2-5,13H,1H3. The van der Waals surface area contributed by atoms with Crippen molar-refractivity contribution in [1.82, 2.24) is 0 Å². The van der Waals surface area contributed by atoms with Crippen molar-refractivity contribution in [1.29, 1.82) is 0 Å². The van der Waals surface area contributed by atoms with E-state index in [1.165, 1.54) is 18.2 Å². The van der Waals surface area contributed by atoms with Crippen molar-refractivity contribution in [3.05, 3.63) is 29.8 Å². The molecule has 0 aliphatic rings. The number of rotatable bonds is 2. The first-order valence-electron chi connectivity index (χ1n) is 3.54. The van der Waals surface area contributed by atoms with Crippen LogP contribution in [0.25, 0.3) is 0 Å². The Balaban J connectivity index is 3.21. The first-order chi connectivity index (χ1) is 5.91. The minimum atomic E-state index is -3.00. The Morgan fingerprint density at radius 2 is 1.92 bits per heavy atom. The summed E-state index contributed by atoms with van der Waals surface area (Å²) in [5, 5.41) is 0. The molecule has 72 valence electrons. The number of alkyl halides is 2. The Labute approximate surface area is 76.1 Å². The topological polar surface area (TPSA) is 34.1 Å². The quantitative estimate of drug-likeness (QED) is 0.748. The monoisotopic (exact) mass is 206 g/mol. The molecular formula is C8H8F2O2S. The van der Waals surface area contributed by atoms with Crippen LogP contribution in [0.15, 0.2) is 29.2 Å². The van der Waals surface area contributed by atoms with Crippen LogP contribution in [0.5, 0.6) is 0 Å². The maximum Gasteiger partial charge on any atom is 0.270 e. The second-order valence-corrected chi connectivity index (χ2v) is 3.73. The fourth-order valence-corrected chi connectivity index (χ4v) is 1.34. The van der Waals surface area contributed by atoms with Gasteiger partial charge in [0.15, 0.2) is 10.7 Å². The van der Waals surface area contributed by atoms with Crippen LogP contribution in [-0.4, -0.2) is 8.42 Å². The molecule has 0 amide bonds. The van der Waals surface area contributed by atoms with Crippen LogP contribution in [0.3, 0.4) is 0 Å². The highest BCUT2D eigenvalue weighted by Gasteiger charge is 2.24. The zero-order valence-corrected chi connectivity index (χ0v) is 7.72. The van der Waals surface area contributed by atoms with Gasteiger partial charge in [0.1, 0.15) is 0 Å². The maximum atomic E-state index is 12.7. The molecule has 0 radical (unpaired) electrons. The van der Waals surface area contributed by atoms with Gasteiger partial charge in [0, 0.05) is 12.5 Å². The van der Waals surface area contributed by atoms with Crippen LogP contribution in [0.1, 0.15) is 12.5 Å². The van der Waals surface area contributed by atoms with E-state index in [9.17, 15) is 17.2 Å². The lowest BCUT2D eigenvalue weighted by molar-refractivity contribution is 0.0172. The second kappa shape index (κ2) is 3.41. The molecule has 0 saturated heterocycles. The molecule has 2 nitrogen and oxygen atoms in total. The molecule has 0 unspecified atom stereocenters. The SMILES string of the molecule is CC(F)(F)c1cccc([SH](=O)=O)c1. The first kappa shape index (κ1) is 10.1. The number of hydrogen-bond acceptors (Lipinski definition) is 2. The Kier molecular flexibility index (Phi) is 2.66. The predicted octanol–water partition coefficient (Wildman–Crippen LogP) is 1.77. The highest BCUT2D eigenvalue weighted by molar-refractivity contribution is 7.72.